The summed E-state index contributed by atoms with van der Waals surface area (Å²) in [6, 6.07) is 0.590. The third kappa shape index (κ3) is 4.44. The molecule has 1 amide bonds. The van der Waals surface area contributed by atoms with E-state index in [1.807, 2.05) is 0 Å². The van der Waals surface area contributed by atoms with E-state index < -0.39 is 43.5 Å². The third-order valence-electron chi connectivity index (χ3n) is 2.67. The van der Waals surface area contributed by atoms with E-state index >= 15 is 0 Å². The minimum atomic E-state index is -4.63. The van der Waals surface area contributed by atoms with Gasteiger partial charge in [0.15, 0.2) is 15.7 Å². The molecule has 0 aromatic carbocycles. The van der Waals surface area contributed by atoms with Crippen molar-refractivity contribution < 1.29 is 26.4 Å². The first-order valence-corrected chi connectivity index (χ1v) is 7.94. The summed E-state index contributed by atoms with van der Waals surface area (Å²) in [4.78, 5) is 15.2. The van der Waals surface area contributed by atoms with E-state index in [2.05, 4.69) is 16.9 Å². The van der Waals surface area contributed by atoms with E-state index in [1.54, 1.807) is 0 Å². The number of nitrogens with zero attached hydrogens (tertiary/aromatic N) is 1. The number of hydrogen-bond acceptors (Lipinski definition) is 4. The van der Waals surface area contributed by atoms with Crippen molar-refractivity contribution >= 4 is 33.2 Å². The van der Waals surface area contributed by atoms with Crippen molar-refractivity contribution in [2.45, 2.75) is 18.3 Å². The lowest BCUT2D eigenvalue weighted by Crippen LogP contribution is -2.34. The number of sulfone groups is 1. The van der Waals surface area contributed by atoms with Crippen LogP contribution in [0.3, 0.4) is 0 Å². The highest BCUT2D eigenvalue weighted by Gasteiger charge is 2.32. The van der Waals surface area contributed by atoms with Gasteiger partial charge in [-0.1, -0.05) is 17.7 Å². The van der Waals surface area contributed by atoms with Crippen LogP contribution in [0.1, 0.15) is 12.5 Å². The standard InChI is InChI=1S/C12H12ClF3N2O3S/c1-3-4-22(20,21)7(2)11(19)18-10-9(13)5-8(6-17-10)12(14,15)16/h3,5-7H,1,4H2,2H3,(H,17,18,19). The molecular weight excluding hydrogens is 345 g/mol. The normalized spacial score (nSPS) is 13.5. The second-order valence-corrected chi connectivity index (χ2v) is 7.08. The molecule has 1 N–H and O–H groups in total. The van der Waals surface area contributed by atoms with Gasteiger partial charge in [-0.3, -0.25) is 4.79 Å². The van der Waals surface area contributed by atoms with Crippen LogP contribution >= 0.6 is 11.6 Å². The Balaban J connectivity index is 2.96. The van der Waals surface area contributed by atoms with Gasteiger partial charge in [-0.2, -0.15) is 13.2 Å². The summed E-state index contributed by atoms with van der Waals surface area (Å²) in [7, 11) is -3.75. The van der Waals surface area contributed by atoms with Crippen molar-refractivity contribution in [1.29, 1.82) is 0 Å². The van der Waals surface area contributed by atoms with Crippen LogP contribution in [0.15, 0.2) is 24.9 Å². The second kappa shape index (κ2) is 6.66. The zero-order valence-electron chi connectivity index (χ0n) is 11.3. The first-order chi connectivity index (χ1) is 9.99. The van der Waals surface area contributed by atoms with Gasteiger partial charge >= 0.3 is 6.18 Å². The summed E-state index contributed by atoms with van der Waals surface area (Å²) < 4.78 is 60.8. The molecule has 0 radical (unpaired) electrons. The van der Waals surface area contributed by atoms with Crippen molar-refractivity contribution in [1.82, 2.24) is 4.98 Å². The molecule has 5 nitrogen and oxygen atoms in total. The molecule has 0 spiro atoms. The molecule has 1 unspecified atom stereocenters. The molecule has 1 heterocycles. The number of anilines is 1. The van der Waals surface area contributed by atoms with E-state index in [-0.39, 0.29) is 5.82 Å². The van der Waals surface area contributed by atoms with Crippen LogP contribution in [0.4, 0.5) is 19.0 Å². The van der Waals surface area contributed by atoms with Crippen LogP contribution in [0.2, 0.25) is 5.02 Å². The minimum Gasteiger partial charge on any atom is -0.308 e. The number of rotatable bonds is 5. The predicted octanol–water partition coefficient (Wildman–Crippen LogP) is 2.68. The van der Waals surface area contributed by atoms with Gasteiger partial charge in [0.05, 0.1) is 16.3 Å². The van der Waals surface area contributed by atoms with Gasteiger partial charge < -0.3 is 5.32 Å². The van der Waals surface area contributed by atoms with E-state index in [0.29, 0.717) is 12.3 Å². The van der Waals surface area contributed by atoms with Gasteiger partial charge in [0.1, 0.15) is 5.25 Å². The Morgan fingerprint density at radius 2 is 2.14 bits per heavy atom. The molecule has 0 bridgehead atoms. The quantitative estimate of drug-likeness (QED) is 0.823. The van der Waals surface area contributed by atoms with Gasteiger partial charge in [-0.15, -0.1) is 6.58 Å². The average Bonchev–Trinajstić information content (AvgIpc) is 2.38. The molecule has 10 heteroatoms. The van der Waals surface area contributed by atoms with Crippen LogP contribution in [-0.2, 0) is 20.8 Å². The number of hydrogen-bond donors (Lipinski definition) is 1. The summed E-state index contributed by atoms with van der Waals surface area (Å²) in [6.45, 7) is 4.41. The number of aromatic nitrogens is 1. The molecule has 1 atom stereocenters. The molecule has 1 aromatic heterocycles. The van der Waals surface area contributed by atoms with Crippen molar-refractivity contribution in [2.75, 3.05) is 11.1 Å². The SMILES string of the molecule is C=CCS(=O)(=O)C(C)C(=O)Nc1ncc(C(F)(F)F)cc1Cl. The molecule has 22 heavy (non-hydrogen) atoms. The van der Waals surface area contributed by atoms with Gasteiger partial charge in [-0.05, 0) is 13.0 Å². The fourth-order valence-electron chi connectivity index (χ4n) is 1.37. The summed E-state index contributed by atoms with van der Waals surface area (Å²) in [6.07, 6.45) is -3.01. The molecule has 1 aromatic rings. The molecule has 0 aliphatic heterocycles. The molecular formula is C12H12ClF3N2O3S. The number of nitrogens with one attached hydrogen (secondary N) is 1. The van der Waals surface area contributed by atoms with Gasteiger partial charge in [-0.25, -0.2) is 13.4 Å². The Bertz CT molecular complexity index is 689. The average molecular weight is 357 g/mol. The topological polar surface area (TPSA) is 76.1 Å². The highest BCUT2D eigenvalue weighted by atomic mass is 35.5. The molecule has 0 aliphatic rings. The summed E-state index contributed by atoms with van der Waals surface area (Å²) in [5.41, 5.74) is -1.08. The lowest BCUT2D eigenvalue weighted by atomic mass is 10.2. The molecule has 0 saturated heterocycles. The molecule has 0 saturated carbocycles. The van der Waals surface area contributed by atoms with Crippen LogP contribution < -0.4 is 5.32 Å². The fraction of sp³-hybridized carbons (Fsp3) is 0.333. The number of carbonyl (C=O) groups excluding carboxylic acids is 1. The summed E-state index contributed by atoms with van der Waals surface area (Å²) >= 11 is 5.62. The number of halogens is 4. The Hall–Kier alpha value is -1.61. The Kier molecular flexibility index (Phi) is 5.58. The maximum atomic E-state index is 12.5. The lowest BCUT2D eigenvalue weighted by molar-refractivity contribution is -0.137. The van der Waals surface area contributed by atoms with E-state index in [1.165, 1.54) is 0 Å². The van der Waals surface area contributed by atoms with E-state index in [9.17, 15) is 26.4 Å². The van der Waals surface area contributed by atoms with Crippen molar-refractivity contribution in [3.8, 4) is 0 Å². The largest absolute Gasteiger partial charge is 0.417 e. The molecule has 0 fully saturated rings. The smallest absolute Gasteiger partial charge is 0.308 e. The number of pyridine rings is 1. The Labute approximate surface area is 130 Å². The highest BCUT2D eigenvalue weighted by molar-refractivity contribution is 7.92. The highest BCUT2D eigenvalue weighted by Crippen LogP contribution is 2.32. The molecule has 1 rings (SSSR count). The number of amides is 1. The molecule has 122 valence electrons. The molecule has 0 aliphatic carbocycles. The van der Waals surface area contributed by atoms with Gasteiger partial charge in [0.2, 0.25) is 5.91 Å². The monoisotopic (exact) mass is 356 g/mol. The predicted molar refractivity (Wildman–Crippen MR) is 76.3 cm³/mol. The summed E-state index contributed by atoms with van der Waals surface area (Å²) in [5, 5.41) is 0.217. The van der Waals surface area contributed by atoms with Crippen molar-refractivity contribution in [2.24, 2.45) is 0 Å². The van der Waals surface area contributed by atoms with Crippen LogP contribution in [-0.4, -0.2) is 30.3 Å². The Morgan fingerprint density at radius 1 is 1.55 bits per heavy atom. The van der Waals surface area contributed by atoms with E-state index in [4.69, 9.17) is 11.6 Å². The first-order valence-electron chi connectivity index (χ1n) is 5.85. The zero-order chi connectivity index (χ0) is 17.1. The number of carbonyl (C=O) groups is 1. The minimum absolute atomic E-state index is 0.347. The van der Waals surface area contributed by atoms with Crippen molar-refractivity contribution in [3.63, 3.8) is 0 Å². The lowest BCUT2D eigenvalue weighted by Gasteiger charge is -2.13. The first kappa shape index (κ1) is 18.4. The van der Waals surface area contributed by atoms with Gasteiger partial charge in [0, 0.05) is 6.20 Å². The number of alkyl halides is 3. The van der Waals surface area contributed by atoms with Crippen LogP contribution in [0.5, 0.6) is 0 Å². The fourth-order valence-corrected chi connectivity index (χ4v) is 2.59. The summed E-state index contributed by atoms with van der Waals surface area (Å²) in [5.74, 6) is -1.70. The third-order valence-corrected chi connectivity index (χ3v) is 4.95. The van der Waals surface area contributed by atoms with E-state index in [0.717, 1.165) is 13.0 Å². The second-order valence-electron chi connectivity index (χ2n) is 4.30. The van der Waals surface area contributed by atoms with Gasteiger partial charge in [0.25, 0.3) is 0 Å². The Morgan fingerprint density at radius 3 is 2.59 bits per heavy atom. The maximum absolute atomic E-state index is 12.5. The van der Waals surface area contributed by atoms with Crippen molar-refractivity contribution in [3.05, 3.63) is 35.5 Å². The van der Waals surface area contributed by atoms with Crippen LogP contribution in [0.25, 0.3) is 0 Å². The zero-order valence-corrected chi connectivity index (χ0v) is 12.9. The van der Waals surface area contributed by atoms with Crippen LogP contribution in [0, 0.1) is 0 Å². The maximum Gasteiger partial charge on any atom is 0.417 e.